The second kappa shape index (κ2) is 16.0. The molecular weight excluding hydrogens is 327 g/mol. The molecule has 2 atom stereocenters. The predicted molar refractivity (Wildman–Crippen MR) is 80.0 cm³/mol. The van der Waals surface area contributed by atoms with Crippen LogP contribution in [0.25, 0.3) is 0 Å². The number of unbranched alkanes of at least 4 members (excludes halogenated alkanes) is 8. The Morgan fingerprint density at radius 3 is 1.79 bits per heavy atom. The molecular formula is C16H27NaO7. The quantitative estimate of drug-likeness (QED) is 0.161. The first-order chi connectivity index (χ1) is 10.9. The molecule has 0 aliphatic carbocycles. The van der Waals surface area contributed by atoms with Crippen LogP contribution < -0.4 is 34.7 Å². The van der Waals surface area contributed by atoms with Gasteiger partial charge in [0.25, 0.3) is 0 Å². The van der Waals surface area contributed by atoms with Gasteiger partial charge in [-0.2, -0.15) is 0 Å². The van der Waals surface area contributed by atoms with Gasteiger partial charge in [0, 0.05) is 6.42 Å². The van der Waals surface area contributed by atoms with Gasteiger partial charge >= 0.3 is 41.5 Å². The molecule has 0 spiro atoms. The van der Waals surface area contributed by atoms with Crippen LogP contribution in [0, 0.1) is 0 Å². The van der Waals surface area contributed by atoms with E-state index in [2.05, 4.69) is 11.7 Å². The van der Waals surface area contributed by atoms with Gasteiger partial charge in [-0.15, -0.1) is 0 Å². The van der Waals surface area contributed by atoms with Crippen molar-refractivity contribution < 1.29 is 64.0 Å². The molecule has 0 heterocycles. The third-order valence-corrected chi connectivity index (χ3v) is 3.48. The summed E-state index contributed by atoms with van der Waals surface area (Å²) >= 11 is 0. The molecule has 0 aromatic heterocycles. The Labute approximate surface area is 165 Å². The Bertz CT molecular complexity index is 373. The van der Waals surface area contributed by atoms with Crippen LogP contribution in [0.3, 0.4) is 0 Å². The van der Waals surface area contributed by atoms with Crippen molar-refractivity contribution in [3.8, 4) is 0 Å². The normalized spacial score (nSPS) is 12.8. The fourth-order valence-corrected chi connectivity index (χ4v) is 2.06. The number of hydrogen-bond acceptors (Lipinski definition) is 7. The van der Waals surface area contributed by atoms with Gasteiger partial charge in [-0.05, 0) is 6.42 Å². The number of ether oxygens (including phenoxy) is 1. The maximum absolute atomic E-state index is 11.4. The summed E-state index contributed by atoms with van der Waals surface area (Å²) in [5, 5.41) is 28.3. The summed E-state index contributed by atoms with van der Waals surface area (Å²) in [6.45, 7) is 2.17. The van der Waals surface area contributed by atoms with E-state index < -0.39 is 30.1 Å². The van der Waals surface area contributed by atoms with Crippen LogP contribution in [0.5, 0.6) is 0 Å². The number of carboxylic acids is 1. The van der Waals surface area contributed by atoms with E-state index in [1.54, 1.807) is 0 Å². The largest absolute Gasteiger partial charge is 1.00 e. The zero-order chi connectivity index (χ0) is 17.7. The maximum atomic E-state index is 11.4. The molecule has 0 fully saturated rings. The van der Waals surface area contributed by atoms with Crippen LogP contribution in [0.15, 0.2) is 0 Å². The second-order valence-electron chi connectivity index (χ2n) is 5.58. The topological polar surface area (TPSA) is 124 Å². The fraction of sp³-hybridized carbons (Fsp3) is 0.812. The molecule has 0 amide bonds. The molecule has 0 aromatic carbocycles. The Kier molecular flexibility index (Phi) is 17.2. The van der Waals surface area contributed by atoms with Crippen molar-refractivity contribution in [3.05, 3.63) is 0 Å². The molecule has 8 heteroatoms. The molecule has 0 rings (SSSR count). The summed E-state index contributed by atoms with van der Waals surface area (Å²) in [6.07, 6.45) is 4.90. The molecule has 2 N–H and O–H groups in total. The predicted octanol–water partition coefficient (Wildman–Crippen LogP) is -2.55. The van der Waals surface area contributed by atoms with Gasteiger partial charge in [0.2, 0.25) is 0 Å². The van der Waals surface area contributed by atoms with E-state index in [9.17, 15) is 19.5 Å². The van der Waals surface area contributed by atoms with Crippen LogP contribution in [0.2, 0.25) is 0 Å². The molecule has 0 aliphatic heterocycles. The second-order valence-corrected chi connectivity index (χ2v) is 5.58. The zero-order valence-corrected chi connectivity index (χ0v) is 16.7. The number of aliphatic carboxylic acids is 1. The first-order valence-corrected chi connectivity index (χ1v) is 8.21. The Balaban J connectivity index is 0. The Morgan fingerprint density at radius 2 is 1.33 bits per heavy atom. The first-order valence-electron chi connectivity index (χ1n) is 8.21. The molecule has 0 saturated heterocycles. The number of esters is 2. The maximum Gasteiger partial charge on any atom is 1.00 e. The van der Waals surface area contributed by atoms with Crippen LogP contribution in [-0.2, 0) is 19.1 Å². The molecule has 134 valence electrons. The molecule has 0 saturated carbocycles. The fourth-order valence-electron chi connectivity index (χ4n) is 2.06. The third kappa shape index (κ3) is 12.9. The van der Waals surface area contributed by atoms with Gasteiger partial charge in [0.1, 0.15) is 6.10 Å². The summed E-state index contributed by atoms with van der Waals surface area (Å²) in [7, 11) is 0. The molecule has 0 bridgehead atoms. The van der Waals surface area contributed by atoms with E-state index in [1.807, 2.05) is 0 Å². The van der Waals surface area contributed by atoms with Crippen molar-refractivity contribution >= 4 is 17.9 Å². The molecule has 24 heavy (non-hydrogen) atoms. The molecule has 0 aromatic rings. The smallest absolute Gasteiger partial charge is 0.547 e. The van der Waals surface area contributed by atoms with E-state index >= 15 is 0 Å². The molecule has 2 unspecified atom stereocenters. The Morgan fingerprint density at radius 1 is 0.875 bits per heavy atom. The van der Waals surface area contributed by atoms with Gasteiger partial charge < -0.3 is 24.9 Å². The number of aliphatic hydroxyl groups excluding tert-OH is 2. The van der Waals surface area contributed by atoms with Crippen molar-refractivity contribution in [1.29, 1.82) is 0 Å². The first kappa shape index (κ1) is 25.8. The van der Waals surface area contributed by atoms with Gasteiger partial charge in [-0.3, -0.25) is 4.79 Å². The zero-order valence-electron chi connectivity index (χ0n) is 14.7. The number of aliphatic hydroxyl groups is 2. The number of carboxylic acid groups (broad SMARTS) is 1. The van der Waals surface area contributed by atoms with E-state index in [-0.39, 0.29) is 36.0 Å². The summed E-state index contributed by atoms with van der Waals surface area (Å²) in [4.78, 5) is 32.8. The summed E-state index contributed by atoms with van der Waals surface area (Å²) in [5.41, 5.74) is 0. The SMILES string of the molecule is CCCCCCCCCCCC(=O)OC(=O)C(O)C(O)C(=O)[O-].[Na+]. The minimum atomic E-state index is -2.41. The van der Waals surface area contributed by atoms with E-state index in [0.717, 1.165) is 19.3 Å². The molecule has 0 radical (unpaired) electrons. The third-order valence-electron chi connectivity index (χ3n) is 3.48. The van der Waals surface area contributed by atoms with E-state index in [1.165, 1.54) is 32.1 Å². The molecule has 7 nitrogen and oxygen atoms in total. The van der Waals surface area contributed by atoms with Crippen molar-refractivity contribution in [1.82, 2.24) is 0 Å². The summed E-state index contributed by atoms with van der Waals surface area (Å²) in [6, 6.07) is 0. The molecule has 0 aliphatic rings. The van der Waals surface area contributed by atoms with Crippen LogP contribution in [0.4, 0.5) is 0 Å². The number of rotatable bonds is 13. The van der Waals surface area contributed by atoms with Gasteiger partial charge in [-0.25, -0.2) is 4.79 Å². The van der Waals surface area contributed by atoms with Gasteiger partial charge in [0.05, 0.1) is 5.97 Å². The number of carbonyl (C=O) groups excluding carboxylic acids is 3. The number of hydrogen-bond donors (Lipinski definition) is 2. The average Bonchev–Trinajstić information content (AvgIpc) is 2.51. The van der Waals surface area contributed by atoms with E-state index in [4.69, 9.17) is 10.2 Å². The van der Waals surface area contributed by atoms with Crippen molar-refractivity contribution in [3.63, 3.8) is 0 Å². The standard InChI is InChI=1S/C16H28O7.Na/c1-2-3-4-5-6-7-8-9-10-11-12(17)23-16(22)14(19)13(18)15(20)21;/h13-14,18-19H,2-11H2,1H3,(H,20,21);/q;+1/p-1. The summed E-state index contributed by atoms with van der Waals surface area (Å²) in [5.74, 6) is -4.34. The van der Waals surface area contributed by atoms with Crippen molar-refractivity contribution in [2.75, 3.05) is 0 Å². The van der Waals surface area contributed by atoms with Crippen LogP contribution >= 0.6 is 0 Å². The van der Waals surface area contributed by atoms with E-state index in [0.29, 0.717) is 6.42 Å². The van der Waals surface area contributed by atoms with Crippen LogP contribution in [-0.4, -0.2) is 40.3 Å². The minimum Gasteiger partial charge on any atom is -0.547 e. The number of carbonyl (C=O) groups is 3. The van der Waals surface area contributed by atoms with Gasteiger partial charge in [0.15, 0.2) is 6.10 Å². The van der Waals surface area contributed by atoms with Gasteiger partial charge in [-0.1, -0.05) is 58.3 Å². The monoisotopic (exact) mass is 354 g/mol. The van der Waals surface area contributed by atoms with Crippen molar-refractivity contribution in [2.24, 2.45) is 0 Å². The van der Waals surface area contributed by atoms with Crippen LogP contribution in [0.1, 0.15) is 71.1 Å². The Hall–Kier alpha value is -0.470. The van der Waals surface area contributed by atoms with Crippen molar-refractivity contribution in [2.45, 2.75) is 83.3 Å². The average molecular weight is 354 g/mol. The summed E-state index contributed by atoms with van der Waals surface area (Å²) < 4.78 is 4.28. The minimum absolute atomic E-state index is 0.